The molecule has 0 saturated heterocycles. The zero-order valence-corrected chi connectivity index (χ0v) is 13.4. The van der Waals surface area contributed by atoms with Crippen LogP contribution < -0.4 is 0 Å². The first-order valence-electron chi connectivity index (χ1n) is 8.84. The Morgan fingerprint density at radius 2 is 1.76 bits per heavy atom. The number of fused-ring (bicyclic) bond motifs is 5. The first kappa shape index (κ1) is 14.0. The van der Waals surface area contributed by atoms with E-state index in [0.717, 1.165) is 44.9 Å². The van der Waals surface area contributed by atoms with Crippen molar-refractivity contribution in [2.24, 2.45) is 28.6 Å². The summed E-state index contributed by atoms with van der Waals surface area (Å²) in [6.07, 6.45) is 10.0. The average molecular weight is 287 g/mol. The molecule has 0 aromatic heterocycles. The van der Waals surface area contributed by atoms with E-state index in [4.69, 9.17) is 0 Å². The van der Waals surface area contributed by atoms with Crippen molar-refractivity contribution in [3.63, 3.8) is 0 Å². The predicted octanol–water partition coefficient (Wildman–Crippen LogP) is 4.32. The topological polar surface area (TPSA) is 37.0 Å². The standard InChI is InChI=1S/C19H27O2/c1-18-9-7-13(20)11-12(18)3-4-14-15-5-6-17(21)19(15,2)10-8-16(14)18/h3,13-16H,4-11H2,1-2H3/t13-,14-,15-,16-,18-,19-/m0/s1. The van der Waals surface area contributed by atoms with Gasteiger partial charge in [-0.25, -0.2) is 5.11 Å². The summed E-state index contributed by atoms with van der Waals surface area (Å²) in [6, 6.07) is 0. The Hall–Kier alpha value is -0.630. The third kappa shape index (κ3) is 1.78. The molecule has 3 fully saturated rings. The van der Waals surface area contributed by atoms with Gasteiger partial charge in [0.2, 0.25) is 0 Å². The summed E-state index contributed by atoms with van der Waals surface area (Å²) in [5, 5.41) is 11.9. The Morgan fingerprint density at radius 3 is 2.57 bits per heavy atom. The SMILES string of the molecule is C[C@]12CC[C@H]([O])CC1=CC[C@@H]1[C@@H]2CC[C@]2(C)C(=O)CC[C@@H]12. The number of allylic oxidation sites excluding steroid dienone is 1. The van der Waals surface area contributed by atoms with Crippen molar-refractivity contribution in [2.45, 2.75) is 71.3 Å². The highest BCUT2D eigenvalue weighted by atomic mass is 16.3. The second-order valence-electron chi connectivity index (χ2n) is 8.54. The molecule has 1 radical (unpaired) electrons. The summed E-state index contributed by atoms with van der Waals surface area (Å²) in [5.41, 5.74) is 1.69. The quantitative estimate of drug-likeness (QED) is 0.611. The van der Waals surface area contributed by atoms with Crippen molar-refractivity contribution in [1.82, 2.24) is 0 Å². The molecule has 0 heterocycles. The average Bonchev–Trinajstić information content (AvgIpc) is 2.76. The van der Waals surface area contributed by atoms with Crippen LogP contribution >= 0.6 is 0 Å². The fourth-order valence-electron chi connectivity index (χ4n) is 6.40. The van der Waals surface area contributed by atoms with E-state index in [-0.39, 0.29) is 16.9 Å². The van der Waals surface area contributed by atoms with Crippen LogP contribution in [0, 0.1) is 28.6 Å². The summed E-state index contributed by atoms with van der Waals surface area (Å²) in [6.45, 7) is 4.65. The normalized spacial score (nSPS) is 52.7. The molecule has 4 aliphatic rings. The van der Waals surface area contributed by atoms with Gasteiger partial charge in [0, 0.05) is 11.8 Å². The third-order valence-corrected chi connectivity index (χ3v) is 7.77. The first-order chi connectivity index (χ1) is 9.95. The molecule has 0 aliphatic heterocycles. The summed E-state index contributed by atoms with van der Waals surface area (Å²) in [5.74, 6) is 2.53. The number of hydrogen-bond acceptors (Lipinski definition) is 1. The maximum atomic E-state index is 12.4. The van der Waals surface area contributed by atoms with Gasteiger partial charge in [-0.2, -0.15) is 0 Å². The van der Waals surface area contributed by atoms with Gasteiger partial charge in [0.1, 0.15) is 5.78 Å². The Balaban J connectivity index is 1.69. The van der Waals surface area contributed by atoms with Crippen molar-refractivity contribution in [3.05, 3.63) is 11.6 Å². The largest absolute Gasteiger partial charge is 0.299 e. The molecule has 0 unspecified atom stereocenters. The lowest BCUT2D eigenvalue weighted by Gasteiger charge is -2.56. The number of Topliss-reactive ketones (excluding diaryl/α,β-unsaturated/α-hetero) is 1. The summed E-state index contributed by atoms with van der Waals surface area (Å²) >= 11 is 0. The maximum Gasteiger partial charge on any atom is 0.139 e. The monoisotopic (exact) mass is 287 g/mol. The van der Waals surface area contributed by atoms with Gasteiger partial charge in [0.15, 0.2) is 0 Å². The summed E-state index contributed by atoms with van der Waals surface area (Å²) < 4.78 is 0. The minimum absolute atomic E-state index is 0.0292. The van der Waals surface area contributed by atoms with E-state index >= 15 is 0 Å². The Labute approximate surface area is 128 Å². The van der Waals surface area contributed by atoms with Crippen molar-refractivity contribution in [1.29, 1.82) is 0 Å². The molecule has 0 spiro atoms. The van der Waals surface area contributed by atoms with E-state index in [1.54, 1.807) is 0 Å². The highest BCUT2D eigenvalue weighted by Gasteiger charge is 2.58. The van der Waals surface area contributed by atoms with Gasteiger partial charge < -0.3 is 0 Å². The molecule has 3 saturated carbocycles. The Bertz CT molecular complexity index is 508. The number of ketones is 1. The number of carbonyl (C=O) groups excluding carboxylic acids is 1. The highest BCUT2D eigenvalue weighted by Crippen LogP contribution is 2.63. The van der Waals surface area contributed by atoms with Gasteiger partial charge in [-0.15, -0.1) is 0 Å². The van der Waals surface area contributed by atoms with Crippen LogP contribution in [0.25, 0.3) is 0 Å². The van der Waals surface area contributed by atoms with Crippen molar-refractivity contribution < 1.29 is 9.90 Å². The molecular weight excluding hydrogens is 260 g/mol. The van der Waals surface area contributed by atoms with E-state index < -0.39 is 0 Å². The second-order valence-corrected chi connectivity index (χ2v) is 8.54. The lowest BCUT2D eigenvalue weighted by molar-refractivity contribution is -0.132. The zero-order chi connectivity index (χ0) is 14.8. The van der Waals surface area contributed by atoms with Gasteiger partial charge in [-0.3, -0.25) is 4.79 Å². The smallest absolute Gasteiger partial charge is 0.139 e. The molecule has 4 rings (SSSR count). The van der Waals surface area contributed by atoms with Crippen molar-refractivity contribution in [2.75, 3.05) is 0 Å². The lowest BCUT2D eigenvalue weighted by atomic mass is 9.48. The van der Waals surface area contributed by atoms with Crippen LogP contribution in [-0.2, 0) is 9.90 Å². The Morgan fingerprint density at radius 1 is 1.05 bits per heavy atom. The third-order valence-electron chi connectivity index (χ3n) is 7.77. The fraction of sp³-hybridized carbons (Fsp3) is 0.842. The van der Waals surface area contributed by atoms with Gasteiger partial charge in [0.05, 0.1) is 6.10 Å². The van der Waals surface area contributed by atoms with Gasteiger partial charge in [0.25, 0.3) is 0 Å². The highest BCUT2D eigenvalue weighted by molar-refractivity contribution is 5.87. The van der Waals surface area contributed by atoms with Crippen LogP contribution in [0.1, 0.15) is 65.2 Å². The van der Waals surface area contributed by atoms with E-state index in [1.165, 1.54) is 12.0 Å². The summed E-state index contributed by atoms with van der Waals surface area (Å²) in [7, 11) is 0. The minimum Gasteiger partial charge on any atom is -0.299 e. The van der Waals surface area contributed by atoms with E-state index in [0.29, 0.717) is 23.5 Å². The van der Waals surface area contributed by atoms with E-state index in [2.05, 4.69) is 19.9 Å². The molecule has 2 heteroatoms. The van der Waals surface area contributed by atoms with Crippen LogP contribution in [0.3, 0.4) is 0 Å². The van der Waals surface area contributed by atoms with Crippen LogP contribution in [0.2, 0.25) is 0 Å². The maximum absolute atomic E-state index is 12.4. The van der Waals surface area contributed by atoms with Gasteiger partial charge >= 0.3 is 0 Å². The van der Waals surface area contributed by atoms with Crippen LogP contribution in [0.15, 0.2) is 11.6 Å². The lowest BCUT2D eigenvalue weighted by Crippen LogP contribution is -2.50. The van der Waals surface area contributed by atoms with Crippen LogP contribution in [-0.4, -0.2) is 11.9 Å². The molecule has 4 aliphatic carbocycles. The molecule has 0 aromatic rings. The zero-order valence-electron chi connectivity index (χ0n) is 13.4. The molecule has 6 atom stereocenters. The predicted molar refractivity (Wildman–Crippen MR) is 81.2 cm³/mol. The molecule has 0 aromatic carbocycles. The van der Waals surface area contributed by atoms with Crippen LogP contribution in [0.4, 0.5) is 0 Å². The van der Waals surface area contributed by atoms with Gasteiger partial charge in [-0.1, -0.05) is 25.5 Å². The fourth-order valence-corrected chi connectivity index (χ4v) is 6.40. The molecular formula is C19H27O2. The van der Waals surface area contributed by atoms with Crippen molar-refractivity contribution >= 4 is 5.78 Å². The molecule has 115 valence electrons. The Kier molecular flexibility index (Phi) is 2.96. The molecule has 0 N–H and O–H groups in total. The molecule has 21 heavy (non-hydrogen) atoms. The van der Waals surface area contributed by atoms with Crippen LogP contribution in [0.5, 0.6) is 0 Å². The van der Waals surface area contributed by atoms with Crippen molar-refractivity contribution in [3.8, 4) is 0 Å². The number of hydrogen-bond donors (Lipinski definition) is 0. The molecule has 0 bridgehead atoms. The minimum atomic E-state index is -0.372. The molecule has 2 nitrogen and oxygen atoms in total. The van der Waals surface area contributed by atoms with Gasteiger partial charge in [-0.05, 0) is 68.1 Å². The number of carbonyl (C=O) groups is 1. The molecule has 0 amide bonds. The van der Waals surface area contributed by atoms with E-state index in [9.17, 15) is 9.90 Å². The summed E-state index contributed by atoms with van der Waals surface area (Å²) in [4.78, 5) is 12.4. The first-order valence-corrected chi connectivity index (χ1v) is 8.84. The van der Waals surface area contributed by atoms with E-state index in [1.807, 2.05) is 0 Å². The number of rotatable bonds is 0. The second kappa shape index (κ2) is 4.44.